The zero-order valence-corrected chi connectivity index (χ0v) is 18.3. The summed E-state index contributed by atoms with van der Waals surface area (Å²) in [7, 11) is -2.31. The predicted octanol–water partition coefficient (Wildman–Crippen LogP) is 1.15. The Hall–Kier alpha value is -1.88. The van der Waals surface area contributed by atoms with Crippen LogP contribution in [-0.2, 0) is 29.1 Å². The van der Waals surface area contributed by atoms with Gasteiger partial charge < -0.3 is 19.1 Å². The van der Waals surface area contributed by atoms with Crippen LogP contribution in [0.3, 0.4) is 0 Å². The number of ether oxygens (including phenoxy) is 3. The molecule has 0 radical (unpaired) electrons. The average molecular weight is 461 g/mol. The van der Waals surface area contributed by atoms with Gasteiger partial charge in [-0.25, -0.2) is 8.42 Å². The van der Waals surface area contributed by atoms with Crippen molar-refractivity contribution in [2.45, 2.75) is 17.7 Å². The topological polar surface area (TPSA) is 102 Å². The molecule has 1 aromatic rings. The third kappa shape index (κ3) is 5.23. The van der Waals surface area contributed by atoms with Gasteiger partial charge >= 0.3 is 5.97 Å². The number of amides is 1. The highest BCUT2D eigenvalue weighted by atomic mass is 35.5. The highest BCUT2D eigenvalue weighted by Crippen LogP contribution is 2.29. The van der Waals surface area contributed by atoms with Gasteiger partial charge in [0.15, 0.2) is 6.61 Å². The molecule has 0 spiro atoms. The van der Waals surface area contributed by atoms with Crippen LogP contribution in [-0.4, -0.2) is 82.6 Å². The lowest BCUT2D eigenvalue weighted by atomic mass is 9.97. The number of halogens is 1. The van der Waals surface area contributed by atoms with Gasteiger partial charge in [-0.3, -0.25) is 9.59 Å². The van der Waals surface area contributed by atoms with Crippen LogP contribution in [0.15, 0.2) is 23.1 Å². The maximum atomic E-state index is 12.7. The molecule has 0 N–H and O–H groups in total. The summed E-state index contributed by atoms with van der Waals surface area (Å²) in [4.78, 5) is 25.7. The molecule has 1 aromatic carbocycles. The summed E-state index contributed by atoms with van der Waals surface area (Å²) in [6, 6.07) is 4.19. The van der Waals surface area contributed by atoms with Crippen molar-refractivity contribution in [2.75, 3.05) is 53.1 Å². The first-order chi connectivity index (χ1) is 14.3. The molecule has 2 fully saturated rings. The number of piperidine rings is 1. The molecule has 2 aliphatic rings. The largest absolute Gasteiger partial charge is 0.482 e. The van der Waals surface area contributed by atoms with E-state index in [1.54, 1.807) is 4.90 Å². The molecule has 3 rings (SSSR count). The third-order valence-corrected chi connectivity index (χ3v) is 7.43. The number of hydrogen-bond donors (Lipinski definition) is 0. The minimum absolute atomic E-state index is 0.0676. The second-order valence-electron chi connectivity index (χ2n) is 7.08. The number of carbonyl (C=O) groups excluding carboxylic acids is 2. The molecule has 166 valence electrons. The quantitative estimate of drug-likeness (QED) is 0.587. The van der Waals surface area contributed by atoms with Crippen LogP contribution >= 0.6 is 11.6 Å². The lowest BCUT2D eigenvalue weighted by Gasteiger charge is -2.30. The normalized spacial score (nSPS) is 18.8. The molecular weight excluding hydrogens is 436 g/mol. The zero-order valence-electron chi connectivity index (χ0n) is 16.7. The van der Waals surface area contributed by atoms with Crippen molar-refractivity contribution in [1.82, 2.24) is 9.21 Å². The average Bonchev–Trinajstić information content (AvgIpc) is 2.78. The molecule has 0 saturated carbocycles. The number of methoxy groups -OCH3 is 1. The van der Waals surface area contributed by atoms with E-state index in [0.717, 1.165) is 0 Å². The first-order valence-corrected chi connectivity index (χ1v) is 11.5. The Labute approximate surface area is 180 Å². The van der Waals surface area contributed by atoms with Crippen molar-refractivity contribution >= 4 is 33.5 Å². The summed E-state index contributed by atoms with van der Waals surface area (Å²) >= 11 is 6.20. The van der Waals surface area contributed by atoms with Gasteiger partial charge in [0.2, 0.25) is 10.0 Å². The predicted molar refractivity (Wildman–Crippen MR) is 108 cm³/mol. The van der Waals surface area contributed by atoms with Gasteiger partial charge in [0.25, 0.3) is 5.91 Å². The van der Waals surface area contributed by atoms with Gasteiger partial charge in [0.1, 0.15) is 5.75 Å². The standard InChI is InChI=1S/C19H25ClN2O7S/c1-27-19(24)14-4-6-21(7-5-14)18(23)13-29-17-3-2-15(12-16(17)20)30(25,26)22-8-10-28-11-9-22/h2-3,12,14H,4-11,13H2,1H3. The van der Waals surface area contributed by atoms with Crippen LogP contribution in [0.25, 0.3) is 0 Å². The number of morpholine rings is 1. The van der Waals surface area contributed by atoms with Crippen molar-refractivity contribution in [3.63, 3.8) is 0 Å². The van der Waals surface area contributed by atoms with E-state index in [0.29, 0.717) is 52.2 Å². The minimum atomic E-state index is -3.66. The number of rotatable bonds is 6. The van der Waals surface area contributed by atoms with Crippen molar-refractivity contribution in [2.24, 2.45) is 5.92 Å². The fourth-order valence-electron chi connectivity index (χ4n) is 3.46. The van der Waals surface area contributed by atoms with Crippen molar-refractivity contribution in [1.29, 1.82) is 0 Å². The monoisotopic (exact) mass is 460 g/mol. The number of esters is 1. The number of sulfonamides is 1. The van der Waals surface area contributed by atoms with Gasteiger partial charge in [-0.15, -0.1) is 0 Å². The summed E-state index contributed by atoms with van der Waals surface area (Å²) in [6.45, 7) is 1.97. The Bertz CT molecular complexity index is 879. The molecule has 2 aliphatic heterocycles. The van der Waals surface area contributed by atoms with Crippen LogP contribution in [0.5, 0.6) is 5.75 Å². The highest BCUT2D eigenvalue weighted by Gasteiger charge is 2.29. The van der Waals surface area contributed by atoms with Crippen LogP contribution in [0.2, 0.25) is 5.02 Å². The molecule has 0 aliphatic carbocycles. The molecule has 11 heteroatoms. The van der Waals surface area contributed by atoms with Crippen molar-refractivity contribution in [3.05, 3.63) is 23.2 Å². The first-order valence-electron chi connectivity index (χ1n) is 9.69. The number of carbonyl (C=O) groups is 2. The van der Waals surface area contributed by atoms with E-state index >= 15 is 0 Å². The lowest BCUT2D eigenvalue weighted by Crippen LogP contribution is -2.42. The third-order valence-electron chi connectivity index (χ3n) is 5.24. The molecule has 30 heavy (non-hydrogen) atoms. The van der Waals surface area contributed by atoms with E-state index in [9.17, 15) is 18.0 Å². The summed E-state index contributed by atoms with van der Waals surface area (Å²) in [5, 5.41) is 0.113. The van der Waals surface area contributed by atoms with Gasteiger partial charge in [0, 0.05) is 26.2 Å². The molecule has 2 saturated heterocycles. The van der Waals surface area contributed by atoms with E-state index in [4.69, 9.17) is 25.8 Å². The van der Waals surface area contributed by atoms with Crippen LogP contribution < -0.4 is 4.74 Å². The Balaban J connectivity index is 1.56. The number of likely N-dealkylation sites (tertiary alicyclic amines) is 1. The molecule has 0 aromatic heterocycles. The van der Waals surface area contributed by atoms with Gasteiger partial charge in [-0.2, -0.15) is 4.31 Å². The second kappa shape index (κ2) is 9.95. The first kappa shape index (κ1) is 22.8. The second-order valence-corrected chi connectivity index (χ2v) is 9.42. The maximum Gasteiger partial charge on any atom is 0.308 e. The van der Waals surface area contributed by atoms with Crippen molar-refractivity contribution in [3.8, 4) is 5.75 Å². The van der Waals surface area contributed by atoms with E-state index in [2.05, 4.69) is 0 Å². The molecule has 2 heterocycles. The molecular formula is C19H25ClN2O7S. The van der Waals surface area contributed by atoms with Gasteiger partial charge in [-0.05, 0) is 31.0 Å². The fraction of sp³-hybridized carbons (Fsp3) is 0.579. The van der Waals surface area contributed by atoms with Crippen LogP contribution in [0.1, 0.15) is 12.8 Å². The Morgan fingerprint density at radius 3 is 2.43 bits per heavy atom. The highest BCUT2D eigenvalue weighted by molar-refractivity contribution is 7.89. The van der Waals surface area contributed by atoms with E-state index in [1.807, 2.05) is 0 Å². The van der Waals surface area contributed by atoms with Crippen LogP contribution in [0.4, 0.5) is 0 Å². The maximum absolute atomic E-state index is 12.7. The Morgan fingerprint density at radius 1 is 1.17 bits per heavy atom. The van der Waals surface area contributed by atoms with E-state index in [-0.39, 0.29) is 40.1 Å². The smallest absolute Gasteiger partial charge is 0.308 e. The zero-order chi connectivity index (χ0) is 21.7. The Morgan fingerprint density at radius 2 is 1.83 bits per heavy atom. The Kier molecular flexibility index (Phi) is 7.56. The summed E-state index contributed by atoms with van der Waals surface area (Å²) in [5.74, 6) is -0.428. The lowest BCUT2D eigenvalue weighted by molar-refractivity contribution is -0.149. The van der Waals surface area contributed by atoms with Crippen LogP contribution in [0, 0.1) is 5.92 Å². The van der Waals surface area contributed by atoms with E-state index < -0.39 is 10.0 Å². The van der Waals surface area contributed by atoms with Gasteiger partial charge in [0.05, 0.1) is 36.2 Å². The molecule has 9 nitrogen and oxygen atoms in total. The summed E-state index contributed by atoms with van der Waals surface area (Å²) in [6.07, 6.45) is 1.10. The van der Waals surface area contributed by atoms with E-state index in [1.165, 1.54) is 29.6 Å². The SMILES string of the molecule is COC(=O)C1CCN(C(=O)COc2ccc(S(=O)(=O)N3CCOCC3)cc2Cl)CC1. The minimum Gasteiger partial charge on any atom is -0.482 e. The molecule has 0 unspecified atom stereocenters. The summed E-state index contributed by atoms with van der Waals surface area (Å²) in [5.41, 5.74) is 0. The van der Waals surface area contributed by atoms with Gasteiger partial charge in [-0.1, -0.05) is 11.6 Å². The summed E-state index contributed by atoms with van der Waals surface area (Å²) < 4.78 is 42.2. The number of benzene rings is 1. The fourth-order valence-corrected chi connectivity index (χ4v) is 5.19. The molecule has 0 bridgehead atoms. The van der Waals surface area contributed by atoms with Crippen molar-refractivity contribution < 1.29 is 32.2 Å². The number of nitrogens with zero attached hydrogens (tertiary/aromatic N) is 2. The molecule has 1 amide bonds. The molecule has 0 atom stereocenters. The number of hydrogen-bond acceptors (Lipinski definition) is 7.